The second-order valence-electron chi connectivity index (χ2n) is 4.49. The van der Waals surface area contributed by atoms with Crippen LogP contribution in [0.25, 0.3) is 0 Å². The van der Waals surface area contributed by atoms with E-state index in [1.807, 2.05) is 6.07 Å². The van der Waals surface area contributed by atoms with E-state index in [1.165, 1.54) is 19.3 Å². The van der Waals surface area contributed by atoms with Crippen LogP contribution >= 0.6 is 0 Å². The highest BCUT2D eigenvalue weighted by molar-refractivity contribution is 5.12. The highest BCUT2D eigenvalue weighted by Gasteiger charge is 2.47. The van der Waals surface area contributed by atoms with Crippen molar-refractivity contribution in [2.75, 3.05) is 0 Å². The quantitative estimate of drug-likeness (QED) is 0.754. The van der Waals surface area contributed by atoms with Crippen LogP contribution in [0.5, 0.6) is 0 Å². The molecule has 0 spiro atoms. The Morgan fingerprint density at radius 1 is 1.31 bits per heavy atom. The molecule has 2 heteroatoms. The van der Waals surface area contributed by atoms with Gasteiger partial charge < -0.3 is 9.52 Å². The lowest BCUT2D eigenvalue weighted by Crippen LogP contribution is -2.09. The first-order valence-electron chi connectivity index (χ1n) is 5.05. The molecule has 3 atom stereocenters. The molecule has 3 rings (SSSR count). The summed E-state index contributed by atoms with van der Waals surface area (Å²) in [6.45, 7) is 0. The summed E-state index contributed by atoms with van der Waals surface area (Å²) in [5.74, 6) is 2.36. The molecule has 13 heavy (non-hydrogen) atoms. The van der Waals surface area contributed by atoms with Crippen molar-refractivity contribution in [3.05, 3.63) is 24.2 Å². The van der Waals surface area contributed by atoms with Gasteiger partial charge >= 0.3 is 0 Å². The normalized spacial score (nSPS) is 38.7. The topological polar surface area (TPSA) is 33.4 Å². The number of fused-ring (bicyclic) bond motifs is 1. The van der Waals surface area contributed by atoms with E-state index in [0.29, 0.717) is 5.92 Å². The third-order valence-electron chi connectivity index (χ3n) is 3.61. The second-order valence-corrected chi connectivity index (χ2v) is 4.49. The van der Waals surface area contributed by atoms with E-state index in [0.717, 1.165) is 17.4 Å². The highest BCUT2D eigenvalue weighted by Crippen LogP contribution is 2.57. The van der Waals surface area contributed by atoms with E-state index in [2.05, 4.69) is 0 Å². The Bertz CT molecular complexity index is 281. The second kappa shape index (κ2) is 2.61. The standard InChI is InChI=1S/C11H14O2/c12-11(7-1-2-13-6-7)10-4-8-3-9(8)5-10/h1-2,6,8-12H,3-5H2. The molecule has 0 amide bonds. The lowest BCUT2D eigenvalue weighted by Gasteiger charge is -2.17. The van der Waals surface area contributed by atoms with Crippen LogP contribution in [-0.2, 0) is 0 Å². The maximum atomic E-state index is 9.99. The first-order valence-corrected chi connectivity index (χ1v) is 5.05. The summed E-state index contributed by atoms with van der Waals surface area (Å²) in [6.07, 6.45) is 6.86. The number of hydrogen-bond acceptors (Lipinski definition) is 2. The number of aliphatic hydroxyl groups is 1. The van der Waals surface area contributed by atoms with Gasteiger partial charge in [0.1, 0.15) is 0 Å². The van der Waals surface area contributed by atoms with Crippen LogP contribution in [0.2, 0.25) is 0 Å². The minimum atomic E-state index is -0.286. The monoisotopic (exact) mass is 178 g/mol. The zero-order valence-electron chi connectivity index (χ0n) is 7.52. The molecule has 1 heterocycles. The summed E-state index contributed by atoms with van der Waals surface area (Å²) in [5.41, 5.74) is 0.950. The molecule has 2 fully saturated rings. The Morgan fingerprint density at radius 2 is 2.08 bits per heavy atom. The van der Waals surface area contributed by atoms with E-state index in [9.17, 15) is 5.11 Å². The van der Waals surface area contributed by atoms with Gasteiger partial charge in [-0.05, 0) is 43.1 Å². The van der Waals surface area contributed by atoms with E-state index in [1.54, 1.807) is 12.5 Å². The van der Waals surface area contributed by atoms with Crippen LogP contribution in [0.1, 0.15) is 30.9 Å². The number of hydrogen-bond donors (Lipinski definition) is 1. The summed E-state index contributed by atoms with van der Waals surface area (Å²) in [5, 5.41) is 9.99. The Morgan fingerprint density at radius 3 is 2.69 bits per heavy atom. The number of furan rings is 1. The third kappa shape index (κ3) is 1.20. The molecule has 0 aliphatic heterocycles. The third-order valence-corrected chi connectivity index (χ3v) is 3.61. The van der Waals surface area contributed by atoms with E-state index >= 15 is 0 Å². The van der Waals surface area contributed by atoms with E-state index < -0.39 is 0 Å². The molecule has 2 aliphatic rings. The number of rotatable bonds is 2. The molecule has 70 valence electrons. The maximum Gasteiger partial charge on any atom is 0.0960 e. The first kappa shape index (κ1) is 7.63. The van der Waals surface area contributed by atoms with Gasteiger partial charge in [0.15, 0.2) is 0 Å². The minimum absolute atomic E-state index is 0.286. The van der Waals surface area contributed by atoms with Gasteiger partial charge in [-0.3, -0.25) is 0 Å². The molecule has 1 aromatic rings. The smallest absolute Gasteiger partial charge is 0.0960 e. The Labute approximate surface area is 77.6 Å². The lowest BCUT2D eigenvalue weighted by molar-refractivity contribution is 0.104. The lowest BCUT2D eigenvalue weighted by atomic mass is 9.93. The summed E-state index contributed by atoms with van der Waals surface area (Å²) in [4.78, 5) is 0. The molecular weight excluding hydrogens is 164 g/mol. The van der Waals surface area contributed by atoms with Gasteiger partial charge in [-0.15, -0.1) is 0 Å². The fraction of sp³-hybridized carbons (Fsp3) is 0.636. The van der Waals surface area contributed by atoms with Crippen LogP contribution in [0.4, 0.5) is 0 Å². The van der Waals surface area contributed by atoms with Gasteiger partial charge in [-0.1, -0.05) is 0 Å². The van der Waals surface area contributed by atoms with Crippen molar-refractivity contribution in [3.8, 4) is 0 Å². The Hall–Kier alpha value is -0.760. The summed E-state index contributed by atoms with van der Waals surface area (Å²) in [7, 11) is 0. The Balaban J connectivity index is 1.72. The zero-order chi connectivity index (χ0) is 8.84. The molecule has 0 aromatic carbocycles. The molecule has 3 unspecified atom stereocenters. The van der Waals surface area contributed by atoms with Crippen LogP contribution in [0.15, 0.2) is 23.0 Å². The average Bonchev–Trinajstić information content (AvgIpc) is 2.63. The highest BCUT2D eigenvalue weighted by atomic mass is 16.3. The average molecular weight is 178 g/mol. The minimum Gasteiger partial charge on any atom is -0.472 e. The molecule has 0 bridgehead atoms. The van der Waals surface area contributed by atoms with Crippen molar-refractivity contribution < 1.29 is 9.52 Å². The van der Waals surface area contributed by atoms with E-state index in [-0.39, 0.29) is 6.10 Å². The molecule has 1 N–H and O–H groups in total. The SMILES string of the molecule is OC(c1ccoc1)C1CC2CC2C1. The van der Waals surface area contributed by atoms with Gasteiger partial charge in [-0.2, -0.15) is 0 Å². The van der Waals surface area contributed by atoms with Crippen molar-refractivity contribution in [2.45, 2.75) is 25.4 Å². The van der Waals surface area contributed by atoms with Crippen molar-refractivity contribution >= 4 is 0 Å². The number of aliphatic hydroxyl groups excluding tert-OH is 1. The summed E-state index contributed by atoms with van der Waals surface area (Å²) < 4.78 is 4.97. The van der Waals surface area contributed by atoms with Crippen molar-refractivity contribution in [1.29, 1.82) is 0 Å². The maximum absolute atomic E-state index is 9.99. The molecule has 0 saturated heterocycles. The summed E-state index contributed by atoms with van der Waals surface area (Å²) in [6, 6.07) is 1.87. The molecular formula is C11H14O2. The largest absolute Gasteiger partial charge is 0.472 e. The van der Waals surface area contributed by atoms with Crippen LogP contribution in [-0.4, -0.2) is 5.11 Å². The van der Waals surface area contributed by atoms with Crippen molar-refractivity contribution in [2.24, 2.45) is 17.8 Å². The predicted octanol–water partition coefficient (Wildman–Crippen LogP) is 2.36. The molecule has 0 radical (unpaired) electrons. The Kier molecular flexibility index (Phi) is 1.53. The fourth-order valence-electron chi connectivity index (χ4n) is 2.73. The molecule has 2 saturated carbocycles. The van der Waals surface area contributed by atoms with Gasteiger partial charge in [0.05, 0.1) is 18.6 Å². The van der Waals surface area contributed by atoms with Crippen molar-refractivity contribution in [1.82, 2.24) is 0 Å². The van der Waals surface area contributed by atoms with Gasteiger partial charge in [-0.25, -0.2) is 0 Å². The van der Waals surface area contributed by atoms with Gasteiger partial charge in [0.25, 0.3) is 0 Å². The molecule has 1 aromatic heterocycles. The van der Waals surface area contributed by atoms with Crippen LogP contribution in [0.3, 0.4) is 0 Å². The fourth-order valence-corrected chi connectivity index (χ4v) is 2.73. The van der Waals surface area contributed by atoms with Crippen LogP contribution in [0, 0.1) is 17.8 Å². The summed E-state index contributed by atoms with van der Waals surface area (Å²) >= 11 is 0. The van der Waals surface area contributed by atoms with E-state index in [4.69, 9.17) is 4.42 Å². The first-order chi connectivity index (χ1) is 6.34. The van der Waals surface area contributed by atoms with Crippen LogP contribution < -0.4 is 0 Å². The van der Waals surface area contributed by atoms with Gasteiger partial charge in [0, 0.05) is 5.56 Å². The van der Waals surface area contributed by atoms with Crippen molar-refractivity contribution in [3.63, 3.8) is 0 Å². The van der Waals surface area contributed by atoms with Gasteiger partial charge in [0.2, 0.25) is 0 Å². The molecule has 2 nitrogen and oxygen atoms in total. The zero-order valence-corrected chi connectivity index (χ0v) is 7.52. The molecule has 2 aliphatic carbocycles. The predicted molar refractivity (Wildman–Crippen MR) is 48.0 cm³/mol.